The van der Waals surface area contributed by atoms with Crippen LogP contribution in [0.15, 0.2) is 24.3 Å². The maximum absolute atomic E-state index is 3.22. The first-order valence-corrected chi connectivity index (χ1v) is 6.23. The summed E-state index contributed by atoms with van der Waals surface area (Å²) in [6.07, 6.45) is 1.19. The summed E-state index contributed by atoms with van der Waals surface area (Å²) >= 11 is 0. The van der Waals surface area contributed by atoms with Crippen LogP contribution in [0, 0.1) is 0 Å². The fourth-order valence-corrected chi connectivity index (χ4v) is 1.97. The van der Waals surface area contributed by atoms with Gasteiger partial charge in [-0.15, -0.1) is 0 Å². The molecule has 1 N–H and O–H groups in total. The summed E-state index contributed by atoms with van der Waals surface area (Å²) in [6, 6.07) is 8.59. The average Bonchev–Trinajstić information content (AvgIpc) is 2.29. The summed E-state index contributed by atoms with van der Waals surface area (Å²) in [4.78, 5) is 4.57. The average molecular weight is 235 g/mol. The summed E-state index contributed by atoms with van der Waals surface area (Å²) in [7, 11) is 8.40. The highest BCUT2D eigenvalue weighted by Crippen LogP contribution is 2.18. The molecule has 0 aliphatic rings. The molecule has 96 valence electrons. The molecular formula is C14H25N3. The topological polar surface area (TPSA) is 18.5 Å². The van der Waals surface area contributed by atoms with Gasteiger partial charge in [-0.3, -0.25) is 0 Å². The summed E-state index contributed by atoms with van der Waals surface area (Å²) < 4.78 is 0. The Morgan fingerprint density at radius 1 is 1.06 bits per heavy atom. The van der Waals surface area contributed by atoms with Gasteiger partial charge >= 0.3 is 0 Å². The normalized spacial score (nSPS) is 10.9. The number of benzene rings is 1. The Bertz CT molecular complexity index is 323. The lowest BCUT2D eigenvalue weighted by Crippen LogP contribution is -2.24. The highest BCUT2D eigenvalue weighted by molar-refractivity contribution is 5.52. The van der Waals surface area contributed by atoms with Crippen LogP contribution in [0.5, 0.6) is 0 Å². The fraction of sp³-hybridized carbons (Fsp3) is 0.571. The molecule has 0 heterocycles. The van der Waals surface area contributed by atoms with Crippen molar-refractivity contribution in [2.24, 2.45) is 0 Å². The number of para-hydroxylation sites is 1. The van der Waals surface area contributed by atoms with Crippen LogP contribution >= 0.6 is 0 Å². The van der Waals surface area contributed by atoms with E-state index in [0.717, 1.165) is 19.6 Å². The Morgan fingerprint density at radius 3 is 2.41 bits per heavy atom. The van der Waals surface area contributed by atoms with E-state index < -0.39 is 0 Å². The van der Waals surface area contributed by atoms with E-state index >= 15 is 0 Å². The molecule has 0 saturated heterocycles. The van der Waals surface area contributed by atoms with Crippen LogP contribution in [0.25, 0.3) is 0 Å². The van der Waals surface area contributed by atoms with Gasteiger partial charge in [0.15, 0.2) is 0 Å². The van der Waals surface area contributed by atoms with Crippen molar-refractivity contribution in [1.82, 2.24) is 10.2 Å². The number of nitrogens with one attached hydrogen (secondary N) is 1. The minimum Gasteiger partial charge on any atom is -0.374 e. The summed E-state index contributed by atoms with van der Waals surface area (Å²) in [5.74, 6) is 0. The predicted molar refractivity (Wildman–Crippen MR) is 75.6 cm³/mol. The van der Waals surface area contributed by atoms with E-state index in [0.29, 0.717) is 0 Å². The van der Waals surface area contributed by atoms with Gasteiger partial charge in [-0.05, 0) is 45.7 Å². The third-order valence-corrected chi connectivity index (χ3v) is 2.87. The molecule has 0 spiro atoms. The molecule has 0 unspecified atom stereocenters. The number of rotatable bonds is 7. The molecule has 0 saturated carbocycles. The SMILES string of the molecule is CNCc1ccccc1N(C)CCCN(C)C. The van der Waals surface area contributed by atoms with Crippen molar-refractivity contribution in [2.45, 2.75) is 13.0 Å². The van der Waals surface area contributed by atoms with Crippen molar-refractivity contribution in [3.63, 3.8) is 0 Å². The van der Waals surface area contributed by atoms with E-state index in [1.165, 1.54) is 17.7 Å². The Hall–Kier alpha value is -1.06. The van der Waals surface area contributed by atoms with E-state index in [1.807, 2.05) is 7.05 Å². The van der Waals surface area contributed by atoms with Gasteiger partial charge in [0.05, 0.1) is 0 Å². The molecule has 0 amide bonds. The van der Waals surface area contributed by atoms with Gasteiger partial charge in [0.25, 0.3) is 0 Å². The largest absolute Gasteiger partial charge is 0.374 e. The highest BCUT2D eigenvalue weighted by atomic mass is 15.1. The zero-order chi connectivity index (χ0) is 12.7. The van der Waals surface area contributed by atoms with Crippen molar-refractivity contribution < 1.29 is 0 Å². The van der Waals surface area contributed by atoms with Crippen molar-refractivity contribution in [1.29, 1.82) is 0 Å². The third kappa shape index (κ3) is 4.75. The smallest absolute Gasteiger partial charge is 0.0409 e. The molecule has 0 aliphatic heterocycles. The van der Waals surface area contributed by atoms with Crippen molar-refractivity contribution in [3.05, 3.63) is 29.8 Å². The molecule has 1 rings (SSSR count). The lowest BCUT2D eigenvalue weighted by molar-refractivity contribution is 0.401. The maximum Gasteiger partial charge on any atom is 0.0409 e. The van der Waals surface area contributed by atoms with Gasteiger partial charge in [-0.25, -0.2) is 0 Å². The Balaban J connectivity index is 2.58. The van der Waals surface area contributed by atoms with Crippen molar-refractivity contribution >= 4 is 5.69 Å². The van der Waals surface area contributed by atoms with Gasteiger partial charge in [0.1, 0.15) is 0 Å². The fourth-order valence-electron chi connectivity index (χ4n) is 1.97. The molecule has 3 heteroatoms. The van der Waals surface area contributed by atoms with Crippen LogP contribution in [0.1, 0.15) is 12.0 Å². The van der Waals surface area contributed by atoms with Gasteiger partial charge < -0.3 is 15.1 Å². The number of hydrogen-bond donors (Lipinski definition) is 1. The van der Waals surface area contributed by atoms with E-state index in [2.05, 4.69) is 60.5 Å². The first-order valence-electron chi connectivity index (χ1n) is 6.23. The zero-order valence-electron chi connectivity index (χ0n) is 11.5. The van der Waals surface area contributed by atoms with Crippen LogP contribution in [-0.2, 0) is 6.54 Å². The van der Waals surface area contributed by atoms with Gasteiger partial charge in [-0.1, -0.05) is 18.2 Å². The zero-order valence-corrected chi connectivity index (χ0v) is 11.5. The Kier molecular flexibility index (Phi) is 6.01. The summed E-state index contributed by atoms with van der Waals surface area (Å²) in [5.41, 5.74) is 2.70. The lowest BCUT2D eigenvalue weighted by atomic mass is 10.1. The van der Waals surface area contributed by atoms with Gasteiger partial charge in [0.2, 0.25) is 0 Å². The molecule has 1 aromatic rings. The van der Waals surface area contributed by atoms with E-state index in [1.54, 1.807) is 0 Å². The highest BCUT2D eigenvalue weighted by Gasteiger charge is 2.05. The van der Waals surface area contributed by atoms with Crippen LogP contribution in [-0.4, -0.2) is 46.2 Å². The summed E-state index contributed by atoms with van der Waals surface area (Å²) in [5, 5.41) is 3.22. The van der Waals surface area contributed by atoms with Crippen LogP contribution < -0.4 is 10.2 Å². The first kappa shape index (κ1) is 14.0. The van der Waals surface area contributed by atoms with Crippen LogP contribution in [0.2, 0.25) is 0 Å². The molecular weight excluding hydrogens is 210 g/mol. The monoisotopic (exact) mass is 235 g/mol. The third-order valence-electron chi connectivity index (χ3n) is 2.87. The molecule has 0 fully saturated rings. The molecule has 3 nitrogen and oxygen atoms in total. The summed E-state index contributed by atoms with van der Waals surface area (Å²) in [6.45, 7) is 3.16. The lowest BCUT2D eigenvalue weighted by Gasteiger charge is -2.23. The second kappa shape index (κ2) is 7.30. The van der Waals surface area contributed by atoms with E-state index in [9.17, 15) is 0 Å². The molecule has 0 aliphatic carbocycles. The maximum atomic E-state index is 3.22. The molecule has 17 heavy (non-hydrogen) atoms. The van der Waals surface area contributed by atoms with Gasteiger partial charge in [0, 0.05) is 25.8 Å². The van der Waals surface area contributed by atoms with Crippen LogP contribution in [0.3, 0.4) is 0 Å². The van der Waals surface area contributed by atoms with Gasteiger partial charge in [-0.2, -0.15) is 0 Å². The molecule has 0 radical (unpaired) electrons. The van der Waals surface area contributed by atoms with Crippen LogP contribution in [0.4, 0.5) is 5.69 Å². The molecule has 0 aromatic heterocycles. The number of hydrogen-bond acceptors (Lipinski definition) is 3. The molecule has 0 bridgehead atoms. The number of nitrogens with zero attached hydrogens (tertiary/aromatic N) is 2. The first-order chi connectivity index (χ1) is 8.15. The van der Waals surface area contributed by atoms with E-state index in [4.69, 9.17) is 0 Å². The minimum absolute atomic E-state index is 0.925. The second-order valence-electron chi connectivity index (χ2n) is 4.74. The number of anilines is 1. The van der Waals surface area contributed by atoms with Crippen molar-refractivity contribution in [3.8, 4) is 0 Å². The Morgan fingerprint density at radius 2 is 1.76 bits per heavy atom. The quantitative estimate of drug-likeness (QED) is 0.777. The predicted octanol–water partition coefficient (Wildman–Crippen LogP) is 1.79. The minimum atomic E-state index is 0.925. The molecule has 0 atom stereocenters. The molecule has 1 aromatic carbocycles. The second-order valence-corrected chi connectivity index (χ2v) is 4.74. The van der Waals surface area contributed by atoms with Crippen molar-refractivity contribution in [2.75, 3.05) is 46.2 Å². The Labute approximate surface area is 105 Å². The standard InChI is InChI=1S/C14H25N3/c1-15-12-13-8-5-6-9-14(13)17(4)11-7-10-16(2)3/h5-6,8-9,15H,7,10-12H2,1-4H3. The van der Waals surface area contributed by atoms with E-state index in [-0.39, 0.29) is 0 Å².